The Morgan fingerprint density at radius 1 is 1.42 bits per heavy atom. The van der Waals surface area contributed by atoms with E-state index in [2.05, 4.69) is 0 Å². The molecule has 2 N–H and O–H groups in total. The van der Waals surface area contributed by atoms with Gasteiger partial charge < -0.3 is 15.1 Å². The molecule has 1 aliphatic rings. The summed E-state index contributed by atoms with van der Waals surface area (Å²) in [5.74, 6) is 0. The van der Waals surface area contributed by atoms with Gasteiger partial charge in [-0.25, -0.2) is 4.79 Å². The minimum atomic E-state index is -0.907. The number of carboxylic acid groups (broad SMARTS) is 1. The first-order valence-corrected chi connectivity index (χ1v) is 4.36. The Morgan fingerprint density at radius 2 is 2.00 bits per heavy atom. The molecule has 0 radical (unpaired) electrons. The first-order chi connectivity index (χ1) is 5.75. The Bertz CT molecular complexity index is 154. The molecule has 1 aliphatic carbocycles. The standard InChI is InChI=1S/C8H15NO3/c10-6-5-9(8(11)12)7-3-1-2-4-7/h7,10H,1-6H2,(H,11,12). The highest BCUT2D eigenvalue weighted by molar-refractivity contribution is 5.65. The molecule has 0 spiro atoms. The lowest BCUT2D eigenvalue weighted by molar-refractivity contribution is 0.111. The van der Waals surface area contributed by atoms with Crippen LogP contribution in [0.5, 0.6) is 0 Å². The van der Waals surface area contributed by atoms with Gasteiger partial charge in [-0.1, -0.05) is 12.8 Å². The van der Waals surface area contributed by atoms with Crippen LogP contribution in [0.1, 0.15) is 25.7 Å². The highest BCUT2D eigenvalue weighted by atomic mass is 16.4. The van der Waals surface area contributed by atoms with Crippen molar-refractivity contribution in [3.63, 3.8) is 0 Å². The van der Waals surface area contributed by atoms with Crippen molar-refractivity contribution < 1.29 is 15.0 Å². The van der Waals surface area contributed by atoms with E-state index in [1.165, 1.54) is 4.90 Å². The summed E-state index contributed by atoms with van der Waals surface area (Å²) in [5, 5.41) is 17.4. The second-order valence-corrected chi connectivity index (χ2v) is 3.14. The summed E-state index contributed by atoms with van der Waals surface area (Å²) in [4.78, 5) is 12.0. The molecule has 0 saturated heterocycles. The normalized spacial score (nSPS) is 18.1. The maximum atomic E-state index is 10.7. The molecule has 0 bridgehead atoms. The molecule has 4 heteroatoms. The van der Waals surface area contributed by atoms with Gasteiger partial charge in [-0.2, -0.15) is 0 Å². The second kappa shape index (κ2) is 4.30. The lowest BCUT2D eigenvalue weighted by atomic mass is 10.2. The van der Waals surface area contributed by atoms with E-state index in [0.29, 0.717) is 0 Å². The molecule has 1 amide bonds. The fourth-order valence-electron chi connectivity index (χ4n) is 1.76. The monoisotopic (exact) mass is 173 g/mol. The smallest absolute Gasteiger partial charge is 0.407 e. The number of rotatable bonds is 3. The average molecular weight is 173 g/mol. The summed E-state index contributed by atoms with van der Waals surface area (Å²) in [6, 6.07) is 0.148. The third-order valence-corrected chi connectivity index (χ3v) is 2.35. The zero-order chi connectivity index (χ0) is 8.97. The minimum Gasteiger partial charge on any atom is -0.465 e. The number of hydrogen-bond acceptors (Lipinski definition) is 2. The van der Waals surface area contributed by atoms with Crippen molar-refractivity contribution in [1.29, 1.82) is 0 Å². The lowest BCUT2D eigenvalue weighted by Gasteiger charge is -2.24. The van der Waals surface area contributed by atoms with Gasteiger partial charge >= 0.3 is 6.09 Å². The second-order valence-electron chi connectivity index (χ2n) is 3.14. The fraction of sp³-hybridized carbons (Fsp3) is 0.875. The third kappa shape index (κ3) is 2.11. The first-order valence-electron chi connectivity index (χ1n) is 4.36. The Kier molecular flexibility index (Phi) is 3.34. The summed E-state index contributed by atoms with van der Waals surface area (Å²) in [6.07, 6.45) is 3.22. The van der Waals surface area contributed by atoms with Crippen LogP contribution in [0, 0.1) is 0 Å². The zero-order valence-electron chi connectivity index (χ0n) is 7.07. The fourth-order valence-corrected chi connectivity index (χ4v) is 1.76. The molecule has 12 heavy (non-hydrogen) atoms. The predicted molar refractivity (Wildman–Crippen MR) is 44.1 cm³/mol. The zero-order valence-corrected chi connectivity index (χ0v) is 7.07. The molecule has 0 aromatic carbocycles. The molecule has 0 atom stereocenters. The topological polar surface area (TPSA) is 60.8 Å². The van der Waals surface area contributed by atoms with Crippen molar-refractivity contribution in [1.82, 2.24) is 4.90 Å². The van der Waals surface area contributed by atoms with Crippen molar-refractivity contribution in [3.8, 4) is 0 Å². The average Bonchev–Trinajstić information content (AvgIpc) is 2.51. The molecule has 1 fully saturated rings. The minimum absolute atomic E-state index is 0.0806. The molecule has 4 nitrogen and oxygen atoms in total. The number of aliphatic hydroxyl groups excluding tert-OH is 1. The summed E-state index contributed by atoms with van der Waals surface area (Å²) in [5.41, 5.74) is 0. The maximum Gasteiger partial charge on any atom is 0.407 e. The number of carbonyl (C=O) groups is 1. The van der Waals surface area contributed by atoms with Gasteiger partial charge in [0.2, 0.25) is 0 Å². The van der Waals surface area contributed by atoms with Gasteiger partial charge in [0.05, 0.1) is 6.61 Å². The van der Waals surface area contributed by atoms with E-state index in [4.69, 9.17) is 10.2 Å². The van der Waals surface area contributed by atoms with E-state index < -0.39 is 6.09 Å². The van der Waals surface area contributed by atoms with E-state index >= 15 is 0 Å². The Hall–Kier alpha value is -0.770. The van der Waals surface area contributed by atoms with E-state index in [-0.39, 0.29) is 19.2 Å². The van der Waals surface area contributed by atoms with Crippen LogP contribution in [-0.2, 0) is 0 Å². The summed E-state index contributed by atoms with van der Waals surface area (Å²) in [6.45, 7) is 0.169. The number of amides is 1. The van der Waals surface area contributed by atoms with Gasteiger partial charge in [-0.3, -0.25) is 0 Å². The lowest BCUT2D eigenvalue weighted by Crippen LogP contribution is -2.39. The molecular formula is C8H15NO3. The van der Waals surface area contributed by atoms with Crippen LogP contribution < -0.4 is 0 Å². The van der Waals surface area contributed by atoms with Crippen molar-refractivity contribution in [2.75, 3.05) is 13.2 Å². The van der Waals surface area contributed by atoms with Crippen LogP contribution in [0.4, 0.5) is 4.79 Å². The van der Waals surface area contributed by atoms with Gasteiger partial charge in [0, 0.05) is 12.6 Å². The van der Waals surface area contributed by atoms with Crippen molar-refractivity contribution in [3.05, 3.63) is 0 Å². The molecule has 0 aliphatic heterocycles. The van der Waals surface area contributed by atoms with Crippen LogP contribution in [0.15, 0.2) is 0 Å². The number of nitrogens with zero attached hydrogens (tertiary/aromatic N) is 1. The van der Waals surface area contributed by atoms with Gasteiger partial charge in [0.1, 0.15) is 0 Å². The highest BCUT2D eigenvalue weighted by Gasteiger charge is 2.25. The van der Waals surface area contributed by atoms with Gasteiger partial charge in [0.15, 0.2) is 0 Å². The molecular weight excluding hydrogens is 158 g/mol. The number of aliphatic hydroxyl groups is 1. The molecule has 0 unspecified atom stereocenters. The third-order valence-electron chi connectivity index (χ3n) is 2.35. The van der Waals surface area contributed by atoms with Crippen LogP contribution in [0.2, 0.25) is 0 Å². The Morgan fingerprint density at radius 3 is 2.42 bits per heavy atom. The predicted octanol–water partition coefficient (Wildman–Crippen LogP) is 0.901. The molecule has 1 rings (SSSR count). The molecule has 0 aromatic rings. The highest BCUT2D eigenvalue weighted by Crippen LogP contribution is 2.23. The molecule has 70 valence electrons. The maximum absolute atomic E-state index is 10.7. The summed E-state index contributed by atoms with van der Waals surface area (Å²) < 4.78 is 0. The van der Waals surface area contributed by atoms with Crippen molar-refractivity contribution in [2.45, 2.75) is 31.7 Å². The Labute approximate surface area is 71.8 Å². The van der Waals surface area contributed by atoms with Crippen LogP contribution in [0.25, 0.3) is 0 Å². The summed E-state index contributed by atoms with van der Waals surface area (Å²) in [7, 11) is 0. The van der Waals surface area contributed by atoms with Gasteiger partial charge in [-0.05, 0) is 12.8 Å². The summed E-state index contributed by atoms with van der Waals surface area (Å²) >= 11 is 0. The van der Waals surface area contributed by atoms with Gasteiger partial charge in [0.25, 0.3) is 0 Å². The molecule has 0 aromatic heterocycles. The largest absolute Gasteiger partial charge is 0.465 e. The van der Waals surface area contributed by atoms with Crippen LogP contribution in [0.3, 0.4) is 0 Å². The van der Waals surface area contributed by atoms with E-state index in [1.807, 2.05) is 0 Å². The van der Waals surface area contributed by atoms with Crippen molar-refractivity contribution >= 4 is 6.09 Å². The SMILES string of the molecule is O=C(O)N(CCO)C1CCCC1. The van der Waals surface area contributed by atoms with Crippen LogP contribution in [-0.4, -0.2) is 40.4 Å². The number of hydrogen-bond donors (Lipinski definition) is 2. The van der Waals surface area contributed by atoms with E-state index in [1.54, 1.807) is 0 Å². The van der Waals surface area contributed by atoms with E-state index in [9.17, 15) is 4.79 Å². The van der Waals surface area contributed by atoms with E-state index in [0.717, 1.165) is 25.7 Å². The molecule has 0 heterocycles. The quantitative estimate of drug-likeness (QED) is 0.666. The van der Waals surface area contributed by atoms with Crippen molar-refractivity contribution in [2.24, 2.45) is 0 Å². The first kappa shape index (κ1) is 9.32. The Balaban J connectivity index is 2.45. The molecule has 1 saturated carbocycles. The van der Waals surface area contributed by atoms with Gasteiger partial charge in [-0.15, -0.1) is 0 Å². The van der Waals surface area contributed by atoms with Crippen LogP contribution >= 0.6 is 0 Å².